The van der Waals surface area contributed by atoms with Crippen molar-refractivity contribution in [1.29, 1.82) is 0 Å². The second-order valence-electron chi connectivity index (χ2n) is 6.52. The lowest BCUT2D eigenvalue weighted by Gasteiger charge is -2.06. The van der Waals surface area contributed by atoms with E-state index in [4.69, 9.17) is 16.3 Å². The summed E-state index contributed by atoms with van der Waals surface area (Å²) in [7, 11) is 0. The van der Waals surface area contributed by atoms with Gasteiger partial charge in [0.25, 0.3) is 5.91 Å². The summed E-state index contributed by atoms with van der Waals surface area (Å²) in [4.78, 5) is 16.5. The minimum atomic E-state index is -0.179. The molecule has 4 rings (SSSR count). The zero-order chi connectivity index (χ0) is 21.5. The van der Waals surface area contributed by atoms with Gasteiger partial charge in [0.1, 0.15) is 12.4 Å². The third-order valence-corrected chi connectivity index (χ3v) is 6.59. The Bertz CT molecular complexity index is 1180. The lowest BCUT2D eigenvalue weighted by atomic mass is 10.2. The molecule has 4 aromatic rings. The number of nitrogens with one attached hydrogen (secondary N) is 1. The molecular formula is C23H18ClN3O2S2. The van der Waals surface area contributed by atoms with Crippen molar-refractivity contribution in [3.63, 3.8) is 0 Å². The number of para-hydroxylation sites is 1. The predicted molar refractivity (Wildman–Crippen MR) is 128 cm³/mol. The molecule has 8 heteroatoms. The maximum absolute atomic E-state index is 12.0. The first-order valence-electron chi connectivity index (χ1n) is 9.43. The van der Waals surface area contributed by atoms with E-state index in [2.05, 4.69) is 15.5 Å². The van der Waals surface area contributed by atoms with Gasteiger partial charge < -0.3 is 4.74 Å². The second kappa shape index (κ2) is 10.4. The van der Waals surface area contributed by atoms with E-state index in [0.717, 1.165) is 31.4 Å². The fraction of sp³-hybridized carbons (Fsp3) is 0.0870. The van der Waals surface area contributed by atoms with Crippen molar-refractivity contribution in [3.05, 3.63) is 88.9 Å². The van der Waals surface area contributed by atoms with E-state index < -0.39 is 0 Å². The SMILES string of the molecule is O=C(CSc1nc2ccccc2s1)N/N=C/c1ccc(OCc2cccc(Cl)c2)cc1. The summed E-state index contributed by atoms with van der Waals surface area (Å²) in [5.74, 6) is 0.823. The molecule has 5 nitrogen and oxygen atoms in total. The van der Waals surface area contributed by atoms with Crippen LogP contribution in [0, 0.1) is 0 Å². The standard InChI is InChI=1S/C23H18ClN3O2S2/c24-18-5-3-4-17(12-18)14-29-19-10-8-16(9-11-19)13-25-27-22(28)15-30-23-26-20-6-1-2-7-21(20)31-23/h1-13H,14-15H2,(H,27,28)/b25-13+. The number of nitrogens with zero attached hydrogens (tertiary/aromatic N) is 2. The number of carbonyl (C=O) groups excluding carboxylic acids is 1. The highest BCUT2D eigenvalue weighted by Gasteiger charge is 2.07. The minimum Gasteiger partial charge on any atom is -0.489 e. The second-order valence-corrected chi connectivity index (χ2v) is 9.21. The molecule has 0 saturated carbocycles. The van der Waals surface area contributed by atoms with Gasteiger partial charge in [-0.3, -0.25) is 4.79 Å². The number of aromatic nitrogens is 1. The summed E-state index contributed by atoms with van der Waals surface area (Å²) >= 11 is 8.96. The van der Waals surface area contributed by atoms with Gasteiger partial charge in [0.2, 0.25) is 0 Å². The molecule has 0 radical (unpaired) electrons. The van der Waals surface area contributed by atoms with Crippen LogP contribution in [0.15, 0.2) is 82.2 Å². The first kappa shape index (κ1) is 21.4. The number of benzene rings is 3. The summed E-state index contributed by atoms with van der Waals surface area (Å²) in [6.45, 7) is 0.441. The molecule has 0 aliphatic carbocycles. The molecule has 1 heterocycles. The number of thiazole rings is 1. The minimum absolute atomic E-state index is 0.179. The summed E-state index contributed by atoms with van der Waals surface area (Å²) in [5, 5.41) is 4.71. The Morgan fingerprint density at radius 2 is 1.97 bits per heavy atom. The van der Waals surface area contributed by atoms with Gasteiger partial charge in [0, 0.05) is 5.02 Å². The molecule has 3 aromatic carbocycles. The normalized spacial score (nSPS) is 11.1. The fourth-order valence-electron chi connectivity index (χ4n) is 2.69. The molecule has 0 aliphatic rings. The van der Waals surface area contributed by atoms with Crippen molar-refractivity contribution in [2.24, 2.45) is 5.10 Å². The monoisotopic (exact) mass is 467 g/mol. The topological polar surface area (TPSA) is 63.6 Å². The molecule has 0 aliphatic heterocycles. The number of carbonyl (C=O) groups is 1. The van der Waals surface area contributed by atoms with Gasteiger partial charge in [-0.15, -0.1) is 11.3 Å². The Kier molecular flexibility index (Phi) is 7.19. The highest BCUT2D eigenvalue weighted by atomic mass is 35.5. The van der Waals surface area contributed by atoms with E-state index >= 15 is 0 Å². The lowest BCUT2D eigenvalue weighted by molar-refractivity contribution is -0.118. The van der Waals surface area contributed by atoms with E-state index in [9.17, 15) is 4.79 Å². The van der Waals surface area contributed by atoms with Gasteiger partial charge in [0.15, 0.2) is 4.34 Å². The van der Waals surface area contributed by atoms with E-state index in [-0.39, 0.29) is 11.7 Å². The number of hydrazone groups is 1. The number of ether oxygens (including phenoxy) is 1. The molecule has 1 N–H and O–H groups in total. The van der Waals surface area contributed by atoms with Crippen LogP contribution in [-0.2, 0) is 11.4 Å². The number of rotatable bonds is 8. The average molecular weight is 468 g/mol. The number of halogens is 1. The van der Waals surface area contributed by atoms with Crippen molar-refractivity contribution in [2.75, 3.05) is 5.75 Å². The van der Waals surface area contributed by atoms with Crippen molar-refractivity contribution in [1.82, 2.24) is 10.4 Å². The number of fused-ring (bicyclic) bond motifs is 1. The molecule has 0 bridgehead atoms. The molecular weight excluding hydrogens is 450 g/mol. The smallest absolute Gasteiger partial charge is 0.250 e. The largest absolute Gasteiger partial charge is 0.489 e. The maximum atomic E-state index is 12.0. The van der Waals surface area contributed by atoms with Gasteiger partial charge in [-0.05, 0) is 59.7 Å². The molecule has 0 saturated heterocycles. The number of thioether (sulfide) groups is 1. The zero-order valence-electron chi connectivity index (χ0n) is 16.3. The third-order valence-electron chi connectivity index (χ3n) is 4.18. The fourth-order valence-corrected chi connectivity index (χ4v) is 4.77. The van der Waals surface area contributed by atoms with Crippen LogP contribution in [0.1, 0.15) is 11.1 Å². The van der Waals surface area contributed by atoms with Crippen molar-refractivity contribution in [3.8, 4) is 5.75 Å². The van der Waals surface area contributed by atoms with Gasteiger partial charge in [-0.1, -0.05) is 47.6 Å². The van der Waals surface area contributed by atoms with Crippen LogP contribution in [-0.4, -0.2) is 22.9 Å². The van der Waals surface area contributed by atoms with Gasteiger partial charge in [0.05, 0.1) is 22.2 Å². The number of amides is 1. The zero-order valence-corrected chi connectivity index (χ0v) is 18.7. The van der Waals surface area contributed by atoms with E-state index in [1.807, 2.05) is 72.8 Å². The Morgan fingerprint density at radius 3 is 2.77 bits per heavy atom. The summed E-state index contributed by atoms with van der Waals surface area (Å²) in [5.41, 5.74) is 5.36. The van der Waals surface area contributed by atoms with Crippen molar-refractivity contribution in [2.45, 2.75) is 10.9 Å². The predicted octanol–water partition coefficient (Wildman–Crippen LogP) is 5.77. The molecule has 0 atom stereocenters. The van der Waals surface area contributed by atoms with Crippen molar-refractivity contribution < 1.29 is 9.53 Å². The lowest BCUT2D eigenvalue weighted by Crippen LogP contribution is -2.19. The van der Waals surface area contributed by atoms with Gasteiger partial charge in [-0.2, -0.15) is 5.10 Å². The first-order chi connectivity index (χ1) is 15.2. The van der Waals surface area contributed by atoms with Crippen LogP contribution >= 0.6 is 34.7 Å². The Morgan fingerprint density at radius 1 is 1.13 bits per heavy atom. The van der Waals surface area contributed by atoms with E-state index in [1.54, 1.807) is 17.6 Å². The molecule has 31 heavy (non-hydrogen) atoms. The molecule has 1 amide bonds. The number of hydrogen-bond donors (Lipinski definition) is 1. The molecule has 0 unspecified atom stereocenters. The van der Waals surface area contributed by atoms with Crippen LogP contribution in [0.4, 0.5) is 0 Å². The Labute approximate surface area is 193 Å². The number of hydrogen-bond acceptors (Lipinski definition) is 6. The van der Waals surface area contributed by atoms with E-state index in [0.29, 0.717) is 11.6 Å². The van der Waals surface area contributed by atoms with Crippen LogP contribution in [0.5, 0.6) is 5.75 Å². The third kappa shape index (κ3) is 6.30. The highest BCUT2D eigenvalue weighted by Crippen LogP contribution is 2.29. The van der Waals surface area contributed by atoms with Crippen LogP contribution in [0.25, 0.3) is 10.2 Å². The Balaban J connectivity index is 1.22. The van der Waals surface area contributed by atoms with E-state index in [1.165, 1.54) is 11.8 Å². The van der Waals surface area contributed by atoms with Crippen molar-refractivity contribution >= 4 is 57.0 Å². The molecule has 0 fully saturated rings. The van der Waals surface area contributed by atoms with Crippen LogP contribution in [0.3, 0.4) is 0 Å². The molecule has 156 valence electrons. The molecule has 1 aromatic heterocycles. The summed E-state index contributed by atoms with van der Waals surface area (Å²) in [6, 6.07) is 23.0. The summed E-state index contributed by atoms with van der Waals surface area (Å²) < 4.78 is 7.74. The average Bonchev–Trinajstić information content (AvgIpc) is 3.20. The summed E-state index contributed by atoms with van der Waals surface area (Å²) in [6.07, 6.45) is 1.60. The van der Waals surface area contributed by atoms with Crippen LogP contribution < -0.4 is 10.2 Å². The first-order valence-corrected chi connectivity index (χ1v) is 11.6. The Hall–Kier alpha value is -2.87. The quantitative estimate of drug-likeness (QED) is 0.203. The highest BCUT2D eigenvalue weighted by molar-refractivity contribution is 8.01. The maximum Gasteiger partial charge on any atom is 0.250 e. The van der Waals surface area contributed by atoms with Gasteiger partial charge >= 0.3 is 0 Å². The van der Waals surface area contributed by atoms with Gasteiger partial charge in [-0.25, -0.2) is 10.4 Å². The molecule has 0 spiro atoms. The van der Waals surface area contributed by atoms with Crippen LogP contribution in [0.2, 0.25) is 5.02 Å².